The number of hydrogen-bond donors (Lipinski definition) is 0. The van der Waals surface area contributed by atoms with Gasteiger partial charge in [0.25, 0.3) is 0 Å². The maximum Gasteiger partial charge on any atom is 0.0541 e. The average Bonchev–Trinajstić information content (AvgIpc) is 3.62. The molecule has 1 aliphatic rings. The van der Waals surface area contributed by atoms with E-state index in [0.717, 1.165) is 24.2 Å². The molecule has 0 saturated carbocycles. The van der Waals surface area contributed by atoms with Gasteiger partial charge in [0.1, 0.15) is 0 Å². The molecule has 0 unspecified atom stereocenters. The third kappa shape index (κ3) is 6.12. The predicted octanol–water partition coefficient (Wildman–Crippen LogP) is 14.7. The zero-order chi connectivity index (χ0) is 37.3. The van der Waals surface area contributed by atoms with Gasteiger partial charge in [0.15, 0.2) is 0 Å². The van der Waals surface area contributed by atoms with Crippen LogP contribution in [0.3, 0.4) is 0 Å². The highest BCUT2D eigenvalue weighted by atomic mass is 15.1. The third-order valence-corrected chi connectivity index (χ3v) is 11.1. The van der Waals surface area contributed by atoms with E-state index in [9.17, 15) is 0 Å². The molecular weight excluding hydrogens is 677 g/mol. The zero-order valence-electron chi connectivity index (χ0n) is 31.1. The molecule has 1 heterocycles. The van der Waals surface area contributed by atoms with Crippen LogP contribution >= 0.6 is 0 Å². The zero-order valence-corrected chi connectivity index (χ0v) is 31.1. The molecule has 9 aromatic rings. The van der Waals surface area contributed by atoms with Crippen molar-refractivity contribution >= 4 is 38.8 Å². The average molecular weight is 717 g/mol. The summed E-state index contributed by atoms with van der Waals surface area (Å²) in [5.41, 5.74) is 17.0. The third-order valence-electron chi connectivity index (χ3n) is 11.1. The number of allylic oxidation sites excluding steroid dienone is 3. The van der Waals surface area contributed by atoms with Gasteiger partial charge in [0.2, 0.25) is 0 Å². The van der Waals surface area contributed by atoms with Gasteiger partial charge < -0.3 is 9.47 Å². The minimum absolute atomic E-state index is 0.990. The van der Waals surface area contributed by atoms with E-state index in [1.54, 1.807) is 0 Å². The smallest absolute Gasteiger partial charge is 0.0541 e. The summed E-state index contributed by atoms with van der Waals surface area (Å²) < 4.78 is 2.41. The van der Waals surface area contributed by atoms with Crippen molar-refractivity contribution in [3.63, 3.8) is 0 Å². The Bertz CT molecular complexity index is 2810. The Kier molecular flexibility index (Phi) is 8.70. The second-order valence-corrected chi connectivity index (χ2v) is 14.4. The van der Waals surface area contributed by atoms with E-state index in [-0.39, 0.29) is 0 Å². The second kappa shape index (κ2) is 14.6. The lowest BCUT2D eigenvalue weighted by Gasteiger charge is -2.30. The predicted molar refractivity (Wildman–Crippen MR) is 237 cm³/mol. The molecule has 8 aromatic carbocycles. The van der Waals surface area contributed by atoms with Crippen LogP contribution in [0.25, 0.3) is 66.4 Å². The number of benzene rings is 8. The van der Waals surface area contributed by atoms with Crippen LogP contribution in [0.4, 0.5) is 11.4 Å². The van der Waals surface area contributed by atoms with Crippen LogP contribution in [0.1, 0.15) is 18.4 Å². The molecule has 0 aliphatic heterocycles. The van der Waals surface area contributed by atoms with Crippen LogP contribution in [0.2, 0.25) is 0 Å². The molecule has 2 nitrogen and oxygen atoms in total. The highest BCUT2D eigenvalue weighted by Gasteiger charge is 2.21. The number of aromatic nitrogens is 1. The molecule has 0 radical (unpaired) electrons. The van der Waals surface area contributed by atoms with Gasteiger partial charge in [-0.25, -0.2) is 0 Å². The Labute approximate surface area is 328 Å². The van der Waals surface area contributed by atoms with Crippen LogP contribution in [0.5, 0.6) is 0 Å². The van der Waals surface area contributed by atoms with Gasteiger partial charge in [-0.1, -0.05) is 170 Å². The number of rotatable bonds is 8. The van der Waals surface area contributed by atoms with Crippen LogP contribution in [-0.4, -0.2) is 4.57 Å². The van der Waals surface area contributed by atoms with Crippen LogP contribution < -0.4 is 4.90 Å². The van der Waals surface area contributed by atoms with Crippen molar-refractivity contribution in [1.29, 1.82) is 0 Å². The lowest BCUT2D eigenvalue weighted by molar-refractivity contribution is 1.02. The van der Waals surface area contributed by atoms with Crippen LogP contribution in [0, 0.1) is 0 Å². The molecule has 1 aliphatic carbocycles. The molecule has 10 rings (SSSR count). The molecule has 0 saturated heterocycles. The fourth-order valence-electron chi connectivity index (χ4n) is 8.39. The van der Waals surface area contributed by atoms with E-state index in [1.807, 2.05) is 0 Å². The largest absolute Gasteiger partial charge is 0.310 e. The van der Waals surface area contributed by atoms with Crippen LogP contribution in [-0.2, 0) is 0 Å². The Morgan fingerprint density at radius 3 is 1.48 bits per heavy atom. The summed E-state index contributed by atoms with van der Waals surface area (Å²) in [6.45, 7) is 0. The van der Waals surface area contributed by atoms with Gasteiger partial charge in [-0.3, -0.25) is 0 Å². The Morgan fingerprint density at radius 2 is 0.839 bits per heavy atom. The molecule has 1 aromatic heterocycles. The SMILES string of the molecule is C1=CC(N(c2ccccc2)c2ccc(-c3ccc(-c4ccccc4-n4c5ccccc5c5ccccc54)cc3)cc2)=C(c2ccc(-c3ccccc3)cc2)CC1. The van der Waals surface area contributed by atoms with Crippen LogP contribution in [0.15, 0.2) is 224 Å². The topological polar surface area (TPSA) is 8.17 Å². The van der Waals surface area contributed by atoms with Gasteiger partial charge in [0.05, 0.1) is 16.7 Å². The Hall–Kier alpha value is -7.16. The fraction of sp³-hybridized carbons (Fsp3) is 0.0370. The van der Waals surface area contributed by atoms with Crippen molar-refractivity contribution in [2.75, 3.05) is 4.90 Å². The highest BCUT2D eigenvalue weighted by molar-refractivity contribution is 6.09. The second-order valence-electron chi connectivity index (χ2n) is 14.4. The summed E-state index contributed by atoms with van der Waals surface area (Å²) in [7, 11) is 0. The van der Waals surface area contributed by atoms with Crippen molar-refractivity contribution in [1.82, 2.24) is 4.57 Å². The first-order chi connectivity index (χ1) is 27.8. The fourth-order valence-corrected chi connectivity index (χ4v) is 8.39. The molecule has 266 valence electrons. The van der Waals surface area contributed by atoms with E-state index in [1.165, 1.54) is 77.7 Å². The van der Waals surface area contributed by atoms with Crippen molar-refractivity contribution in [3.05, 3.63) is 230 Å². The lowest BCUT2D eigenvalue weighted by atomic mass is 9.92. The van der Waals surface area contributed by atoms with Crippen molar-refractivity contribution in [2.24, 2.45) is 0 Å². The summed E-state index contributed by atoms with van der Waals surface area (Å²) in [6, 6.07) is 74.7. The quantitative estimate of drug-likeness (QED) is 0.152. The lowest BCUT2D eigenvalue weighted by Crippen LogP contribution is -2.18. The number of anilines is 2. The summed E-state index contributed by atoms with van der Waals surface area (Å²) in [6.07, 6.45) is 6.63. The number of hydrogen-bond acceptors (Lipinski definition) is 1. The molecule has 2 heteroatoms. The molecule has 0 atom stereocenters. The molecule has 0 fully saturated rings. The number of fused-ring (bicyclic) bond motifs is 3. The Balaban J connectivity index is 0.985. The first-order valence-corrected chi connectivity index (χ1v) is 19.5. The highest BCUT2D eigenvalue weighted by Crippen LogP contribution is 2.40. The summed E-state index contributed by atoms with van der Waals surface area (Å²) >= 11 is 0. The van der Waals surface area contributed by atoms with Gasteiger partial charge in [0, 0.05) is 33.4 Å². The molecule has 56 heavy (non-hydrogen) atoms. The summed E-state index contributed by atoms with van der Waals surface area (Å²) in [5, 5.41) is 2.54. The maximum atomic E-state index is 2.41. The Morgan fingerprint density at radius 1 is 0.375 bits per heavy atom. The van der Waals surface area contributed by atoms with E-state index >= 15 is 0 Å². The molecule has 0 amide bonds. The number of nitrogens with zero attached hydrogens (tertiary/aromatic N) is 2. The normalized spacial score (nSPS) is 12.7. The minimum atomic E-state index is 0.990. The maximum absolute atomic E-state index is 2.41. The van der Waals surface area contributed by atoms with Crippen molar-refractivity contribution in [3.8, 4) is 39.1 Å². The molecule has 0 N–H and O–H groups in total. The first kappa shape index (κ1) is 33.4. The molecule has 0 bridgehead atoms. The van der Waals surface area contributed by atoms with Crippen molar-refractivity contribution < 1.29 is 0 Å². The standard InChI is InChI=1S/C54H40N2/c1-3-15-39(16-4-1)40-27-31-43(32-28-40)47-19-7-11-23-51(47)55(45-17-5-2-6-18-45)46-37-35-42(36-38-46)41-29-33-44(34-30-41)48-20-8-12-24-52(48)56-53-25-13-9-21-49(53)50-22-10-14-26-54(50)56/h1-6,8-18,20-38H,7,19H2. The van der Waals surface area contributed by atoms with Gasteiger partial charge in [-0.2, -0.15) is 0 Å². The first-order valence-electron chi connectivity index (χ1n) is 19.5. The molecule has 0 spiro atoms. The summed E-state index contributed by atoms with van der Waals surface area (Å²) in [4.78, 5) is 2.41. The monoisotopic (exact) mass is 716 g/mol. The van der Waals surface area contributed by atoms with Gasteiger partial charge in [-0.15, -0.1) is 0 Å². The van der Waals surface area contributed by atoms with Gasteiger partial charge >= 0.3 is 0 Å². The van der Waals surface area contributed by atoms with E-state index < -0.39 is 0 Å². The summed E-state index contributed by atoms with van der Waals surface area (Å²) in [5.74, 6) is 0. The van der Waals surface area contributed by atoms with E-state index in [2.05, 4.69) is 228 Å². The minimum Gasteiger partial charge on any atom is -0.310 e. The number of para-hydroxylation sites is 4. The van der Waals surface area contributed by atoms with Gasteiger partial charge in [-0.05, 0) is 100 Å². The van der Waals surface area contributed by atoms with Crippen molar-refractivity contribution in [2.45, 2.75) is 12.8 Å². The van der Waals surface area contributed by atoms with E-state index in [0.29, 0.717) is 0 Å². The molecular formula is C54H40N2. The van der Waals surface area contributed by atoms with E-state index in [4.69, 9.17) is 0 Å².